The zero-order valence-corrected chi connectivity index (χ0v) is 12.0. The van der Waals surface area contributed by atoms with Gasteiger partial charge >= 0.3 is 0 Å². The average molecular weight is 313 g/mol. The van der Waals surface area contributed by atoms with Crippen LogP contribution in [-0.4, -0.2) is 13.3 Å². The van der Waals surface area contributed by atoms with Crippen molar-refractivity contribution in [3.05, 3.63) is 57.8 Å². The summed E-state index contributed by atoms with van der Waals surface area (Å²) in [6, 6.07) is 9.54. The smallest absolute Gasteiger partial charge is 0.137 e. The minimum absolute atomic E-state index is 0.223. The lowest BCUT2D eigenvalue weighted by Gasteiger charge is -2.05. The summed E-state index contributed by atoms with van der Waals surface area (Å²) >= 11 is 11.9. The molecule has 2 aromatic rings. The molecule has 0 aromatic heterocycles. The normalized spacial score (nSPS) is 10.8. The Morgan fingerprint density at radius 1 is 1.20 bits per heavy atom. The van der Waals surface area contributed by atoms with Gasteiger partial charge in [-0.15, -0.1) is 0 Å². The quantitative estimate of drug-likeness (QED) is 0.662. The Morgan fingerprint density at radius 2 is 2.00 bits per heavy atom. The van der Waals surface area contributed by atoms with Crippen molar-refractivity contribution in [2.24, 2.45) is 5.10 Å². The molecule has 0 bridgehead atoms. The summed E-state index contributed by atoms with van der Waals surface area (Å²) in [5, 5.41) is 4.68. The van der Waals surface area contributed by atoms with Gasteiger partial charge in [0.1, 0.15) is 11.6 Å². The lowest BCUT2D eigenvalue weighted by atomic mass is 10.2. The average Bonchev–Trinajstić information content (AvgIpc) is 2.42. The molecule has 104 valence electrons. The lowest BCUT2D eigenvalue weighted by Crippen LogP contribution is -1.94. The van der Waals surface area contributed by atoms with Gasteiger partial charge in [0.15, 0.2) is 0 Å². The largest absolute Gasteiger partial charge is 0.495 e. The number of ether oxygens (including phenoxy) is 1. The highest BCUT2D eigenvalue weighted by molar-refractivity contribution is 6.33. The summed E-state index contributed by atoms with van der Waals surface area (Å²) < 4.78 is 18.5. The van der Waals surface area contributed by atoms with Crippen LogP contribution in [0.5, 0.6) is 5.75 Å². The first-order valence-electron chi connectivity index (χ1n) is 5.68. The Morgan fingerprint density at radius 3 is 2.65 bits per heavy atom. The van der Waals surface area contributed by atoms with Crippen molar-refractivity contribution in [3.8, 4) is 5.75 Å². The standard InChI is InChI=1S/C14H11Cl2FN2O/c1-20-14-6-5-9(7-12(14)16)19-18-8-10-11(15)3-2-4-13(10)17/h2-8,19H,1H3/b18-8+. The molecule has 0 radical (unpaired) electrons. The number of anilines is 1. The fraction of sp³-hybridized carbons (Fsp3) is 0.0714. The third kappa shape index (κ3) is 3.40. The molecule has 0 heterocycles. The monoisotopic (exact) mass is 312 g/mol. The van der Waals surface area contributed by atoms with Crippen molar-refractivity contribution < 1.29 is 9.13 Å². The predicted octanol–water partition coefficient (Wildman–Crippen LogP) is 4.59. The zero-order chi connectivity index (χ0) is 14.5. The van der Waals surface area contributed by atoms with Gasteiger partial charge in [-0.3, -0.25) is 5.43 Å². The second kappa shape index (κ2) is 6.59. The molecule has 1 N–H and O–H groups in total. The maximum atomic E-state index is 13.5. The van der Waals surface area contributed by atoms with E-state index >= 15 is 0 Å². The Hall–Kier alpha value is -1.78. The second-order valence-corrected chi connectivity index (χ2v) is 4.67. The highest BCUT2D eigenvalue weighted by atomic mass is 35.5. The SMILES string of the molecule is COc1ccc(N/N=C/c2c(F)cccc2Cl)cc1Cl. The number of nitrogens with one attached hydrogen (secondary N) is 1. The number of hydrogen-bond acceptors (Lipinski definition) is 3. The third-order valence-corrected chi connectivity index (χ3v) is 3.16. The number of hydrazone groups is 1. The molecule has 0 aliphatic heterocycles. The fourth-order valence-electron chi connectivity index (χ4n) is 1.54. The zero-order valence-electron chi connectivity index (χ0n) is 10.5. The van der Waals surface area contributed by atoms with Crippen molar-refractivity contribution in [2.45, 2.75) is 0 Å². The van der Waals surface area contributed by atoms with Gasteiger partial charge in [0.05, 0.1) is 29.1 Å². The Labute approximate surface area is 126 Å². The lowest BCUT2D eigenvalue weighted by molar-refractivity contribution is 0.415. The number of halogens is 3. The summed E-state index contributed by atoms with van der Waals surface area (Å²) in [6.07, 6.45) is 1.32. The molecule has 0 atom stereocenters. The van der Waals surface area contributed by atoms with Crippen LogP contribution in [0.2, 0.25) is 10.0 Å². The van der Waals surface area contributed by atoms with E-state index in [0.29, 0.717) is 21.5 Å². The maximum absolute atomic E-state index is 13.5. The summed E-state index contributed by atoms with van der Waals surface area (Å²) in [4.78, 5) is 0. The van der Waals surface area contributed by atoms with Crippen molar-refractivity contribution in [1.29, 1.82) is 0 Å². The number of rotatable bonds is 4. The van der Waals surface area contributed by atoms with E-state index in [4.69, 9.17) is 27.9 Å². The molecular weight excluding hydrogens is 302 g/mol. The Kier molecular flexibility index (Phi) is 4.82. The molecular formula is C14H11Cl2FN2O. The second-order valence-electron chi connectivity index (χ2n) is 3.85. The van der Waals surface area contributed by atoms with Gasteiger partial charge in [-0.25, -0.2) is 4.39 Å². The summed E-state index contributed by atoms with van der Waals surface area (Å²) in [6.45, 7) is 0. The number of nitrogens with zero attached hydrogens (tertiary/aromatic N) is 1. The van der Waals surface area contributed by atoms with Crippen LogP contribution in [0.3, 0.4) is 0 Å². The van der Waals surface area contributed by atoms with Crippen LogP contribution in [0.15, 0.2) is 41.5 Å². The van der Waals surface area contributed by atoms with Crippen molar-refractivity contribution in [3.63, 3.8) is 0 Å². The van der Waals surface area contributed by atoms with Crippen molar-refractivity contribution >= 4 is 35.1 Å². The molecule has 2 rings (SSSR count). The van der Waals surface area contributed by atoms with Gasteiger partial charge in [0.25, 0.3) is 0 Å². The highest BCUT2D eigenvalue weighted by Gasteiger charge is 2.04. The molecule has 0 saturated heterocycles. The number of hydrogen-bond donors (Lipinski definition) is 1. The van der Waals surface area contributed by atoms with E-state index in [2.05, 4.69) is 10.5 Å². The van der Waals surface area contributed by atoms with Crippen LogP contribution in [-0.2, 0) is 0 Å². The Bertz CT molecular complexity index is 627. The van der Waals surface area contributed by atoms with Crippen LogP contribution >= 0.6 is 23.2 Å². The van der Waals surface area contributed by atoms with Gasteiger partial charge in [0, 0.05) is 5.56 Å². The van der Waals surface area contributed by atoms with E-state index in [1.807, 2.05) is 0 Å². The van der Waals surface area contributed by atoms with Crippen LogP contribution < -0.4 is 10.2 Å². The van der Waals surface area contributed by atoms with E-state index in [1.165, 1.54) is 25.5 Å². The summed E-state index contributed by atoms with van der Waals surface area (Å²) in [5.41, 5.74) is 3.62. The van der Waals surface area contributed by atoms with Crippen LogP contribution in [0, 0.1) is 5.82 Å². The van der Waals surface area contributed by atoms with Gasteiger partial charge in [-0.1, -0.05) is 29.3 Å². The molecule has 6 heteroatoms. The van der Waals surface area contributed by atoms with Crippen LogP contribution in [0.1, 0.15) is 5.56 Å². The van der Waals surface area contributed by atoms with Crippen molar-refractivity contribution in [2.75, 3.05) is 12.5 Å². The molecule has 2 aromatic carbocycles. The topological polar surface area (TPSA) is 33.6 Å². The summed E-state index contributed by atoms with van der Waals surface area (Å²) in [7, 11) is 1.53. The maximum Gasteiger partial charge on any atom is 0.137 e. The molecule has 0 spiro atoms. The van der Waals surface area contributed by atoms with Crippen LogP contribution in [0.25, 0.3) is 0 Å². The predicted molar refractivity (Wildman–Crippen MR) is 80.6 cm³/mol. The molecule has 0 saturated carbocycles. The molecule has 20 heavy (non-hydrogen) atoms. The Balaban J connectivity index is 2.12. The van der Waals surface area contributed by atoms with E-state index in [9.17, 15) is 4.39 Å². The van der Waals surface area contributed by atoms with E-state index in [0.717, 1.165) is 0 Å². The number of benzene rings is 2. The first-order chi connectivity index (χ1) is 9.61. The van der Waals surface area contributed by atoms with E-state index in [1.54, 1.807) is 24.3 Å². The van der Waals surface area contributed by atoms with Gasteiger partial charge in [0.2, 0.25) is 0 Å². The fourth-order valence-corrected chi connectivity index (χ4v) is 2.01. The van der Waals surface area contributed by atoms with E-state index in [-0.39, 0.29) is 5.56 Å². The van der Waals surface area contributed by atoms with Gasteiger partial charge < -0.3 is 4.74 Å². The van der Waals surface area contributed by atoms with E-state index < -0.39 is 5.82 Å². The molecule has 0 amide bonds. The molecule has 0 unspecified atom stereocenters. The van der Waals surface area contributed by atoms with Gasteiger partial charge in [-0.2, -0.15) is 5.10 Å². The molecule has 0 aliphatic rings. The molecule has 3 nitrogen and oxygen atoms in total. The first-order valence-corrected chi connectivity index (χ1v) is 6.44. The first kappa shape index (κ1) is 14.6. The highest BCUT2D eigenvalue weighted by Crippen LogP contribution is 2.27. The summed E-state index contributed by atoms with van der Waals surface area (Å²) in [5.74, 6) is 0.133. The van der Waals surface area contributed by atoms with Crippen molar-refractivity contribution in [1.82, 2.24) is 0 Å². The van der Waals surface area contributed by atoms with Crippen LogP contribution in [0.4, 0.5) is 10.1 Å². The molecule has 0 fully saturated rings. The van der Waals surface area contributed by atoms with Gasteiger partial charge in [-0.05, 0) is 30.3 Å². The molecule has 0 aliphatic carbocycles. The minimum atomic E-state index is -0.434. The minimum Gasteiger partial charge on any atom is -0.495 e. The number of methoxy groups -OCH3 is 1. The third-order valence-electron chi connectivity index (χ3n) is 2.54.